The van der Waals surface area contributed by atoms with Crippen molar-refractivity contribution in [3.8, 4) is 11.3 Å². The van der Waals surface area contributed by atoms with Gasteiger partial charge in [0.25, 0.3) is 11.8 Å². The minimum absolute atomic E-state index is 0.0940. The van der Waals surface area contributed by atoms with Crippen LogP contribution in [0.4, 0.5) is 10.9 Å². The molecule has 0 aliphatic carbocycles. The maximum absolute atomic E-state index is 13.0. The highest BCUT2D eigenvalue weighted by atomic mass is 32.2. The first-order valence-corrected chi connectivity index (χ1v) is 15.6. The quantitative estimate of drug-likeness (QED) is 0.294. The number of aromatic nitrogens is 4. The van der Waals surface area contributed by atoms with Crippen LogP contribution in [0.15, 0.2) is 48.5 Å². The van der Waals surface area contributed by atoms with E-state index in [4.69, 9.17) is 9.47 Å². The van der Waals surface area contributed by atoms with Crippen LogP contribution in [0, 0.1) is 0 Å². The van der Waals surface area contributed by atoms with Crippen LogP contribution in [0.25, 0.3) is 16.8 Å². The molecule has 13 nitrogen and oxygen atoms in total. The highest BCUT2D eigenvalue weighted by molar-refractivity contribution is 7.89. The van der Waals surface area contributed by atoms with E-state index in [1.165, 1.54) is 36.9 Å². The fraction of sp³-hybridized carbons (Fsp3) is 0.385. The highest BCUT2D eigenvalue weighted by Crippen LogP contribution is 2.31. The fourth-order valence-electron chi connectivity index (χ4n) is 4.72. The van der Waals surface area contributed by atoms with Crippen LogP contribution < -0.4 is 15.5 Å². The molecule has 0 saturated carbocycles. The molecule has 1 aliphatic heterocycles. The normalized spacial score (nSPS) is 18.4. The van der Waals surface area contributed by atoms with E-state index in [0.29, 0.717) is 10.8 Å². The van der Waals surface area contributed by atoms with Crippen molar-refractivity contribution in [1.82, 2.24) is 23.7 Å². The first kappa shape index (κ1) is 28.7. The van der Waals surface area contributed by atoms with Gasteiger partial charge in [0.05, 0.1) is 41.8 Å². The summed E-state index contributed by atoms with van der Waals surface area (Å²) >= 11 is 1.25. The number of nitrogens with zero attached hydrogens (tertiary/aromatic N) is 5. The van der Waals surface area contributed by atoms with Crippen LogP contribution in [0.3, 0.4) is 0 Å². The van der Waals surface area contributed by atoms with Crippen molar-refractivity contribution in [2.45, 2.75) is 32.1 Å². The van der Waals surface area contributed by atoms with Crippen LogP contribution in [-0.2, 0) is 24.3 Å². The Morgan fingerprint density at radius 3 is 2.66 bits per heavy atom. The predicted octanol–water partition coefficient (Wildman–Crippen LogP) is 2.06. The molecule has 1 aliphatic rings. The molecule has 2 amide bonds. The van der Waals surface area contributed by atoms with E-state index >= 15 is 0 Å². The maximum Gasteiger partial charge on any atom is 0.253 e. The number of carbonyl (C=O) groups is 2. The molecule has 4 aromatic rings. The second-order valence-corrected chi connectivity index (χ2v) is 12.7. The van der Waals surface area contributed by atoms with Gasteiger partial charge >= 0.3 is 0 Å². The number of nitrogens with one attached hydrogen (secondary N) is 2. The highest BCUT2D eigenvalue weighted by Gasteiger charge is 2.26. The van der Waals surface area contributed by atoms with E-state index in [2.05, 4.69) is 39.3 Å². The summed E-state index contributed by atoms with van der Waals surface area (Å²) in [6, 6.07) is 2.34. The number of methoxy groups -OCH3 is 1. The summed E-state index contributed by atoms with van der Waals surface area (Å²) in [5.41, 5.74) is 2.58. The number of thiazole rings is 1. The van der Waals surface area contributed by atoms with Gasteiger partial charge in [0.1, 0.15) is 6.04 Å². The second kappa shape index (κ2) is 11.6. The van der Waals surface area contributed by atoms with Gasteiger partial charge in [-0.3, -0.25) is 13.6 Å². The number of fused-ring (bicyclic) bond motifs is 1. The Morgan fingerprint density at radius 2 is 1.98 bits per heavy atom. The number of rotatable bonds is 9. The summed E-state index contributed by atoms with van der Waals surface area (Å²) in [4.78, 5) is 37.2. The Kier molecular flexibility index (Phi) is 8.13. The van der Waals surface area contributed by atoms with Gasteiger partial charge in [-0.25, -0.2) is 18.4 Å². The van der Waals surface area contributed by atoms with Gasteiger partial charge in [0.2, 0.25) is 10.0 Å². The molecule has 218 valence electrons. The lowest BCUT2D eigenvalue weighted by Crippen LogP contribution is -2.46. The van der Waals surface area contributed by atoms with Gasteiger partial charge < -0.3 is 29.4 Å². The van der Waals surface area contributed by atoms with E-state index in [-0.39, 0.29) is 24.4 Å². The Bertz CT molecular complexity index is 1670. The summed E-state index contributed by atoms with van der Waals surface area (Å²) in [6.07, 6.45) is 9.28. The van der Waals surface area contributed by atoms with Crippen molar-refractivity contribution in [1.29, 1.82) is 0 Å². The molecular weight excluding hydrogens is 570 g/mol. The first-order valence-electron chi connectivity index (χ1n) is 12.8. The molecule has 5 rings (SSSR count). The SMILES string of the molecule is COC[C@H](NC(=O)c1ccn(S(C)(=O)=O)c1)C(=O)Nc1nc(-c2cc3c(N4C[C@@H](C)O[C@@H](C)C4)nccn3c2)cs1. The Hall–Kier alpha value is -3.79. The summed E-state index contributed by atoms with van der Waals surface area (Å²) in [5, 5.41) is 7.52. The summed E-state index contributed by atoms with van der Waals surface area (Å²) < 4.78 is 37.3. The van der Waals surface area contributed by atoms with Gasteiger partial charge in [-0.2, -0.15) is 0 Å². The van der Waals surface area contributed by atoms with E-state index in [1.54, 1.807) is 6.20 Å². The van der Waals surface area contributed by atoms with Crippen LogP contribution in [-0.4, -0.2) is 89.9 Å². The molecule has 1 saturated heterocycles. The minimum Gasteiger partial charge on any atom is -0.382 e. The molecule has 2 N–H and O–H groups in total. The Balaban J connectivity index is 1.30. The zero-order valence-corrected chi connectivity index (χ0v) is 24.6. The summed E-state index contributed by atoms with van der Waals surface area (Å²) in [6.45, 7) is 5.49. The number of hydrogen-bond donors (Lipinski definition) is 2. The molecule has 15 heteroatoms. The fourth-order valence-corrected chi connectivity index (χ4v) is 6.03. The maximum atomic E-state index is 13.0. The smallest absolute Gasteiger partial charge is 0.253 e. The Labute approximate surface area is 241 Å². The van der Waals surface area contributed by atoms with E-state index in [1.807, 2.05) is 28.2 Å². The van der Waals surface area contributed by atoms with Crippen molar-refractivity contribution >= 4 is 49.6 Å². The average molecular weight is 602 g/mol. The van der Waals surface area contributed by atoms with Gasteiger partial charge in [-0.05, 0) is 26.0 Å². The molecule has 0 unspecified atom stereocenters. The van der Waals surface area contributed by atoms with E-state index in [9.17, 15) is 18.0 Å². The first-order chi connectivity index (χ1) is 19.5. The largest absolute Gasteiger partial charge is 0.382 e. The van der Waals surface area contributed by atoms with Crippen LogP contribution in [0.2, 0.25) is 0 Å². The third-order valence-electron chi connectivity index (χ3n) is 6.52. The van der Waals surface area contributed by atoms with Crippen molar-refractivity contribution < 1.29 is 27.5 Å². The molecule has 0 radical (unpaired) electrons. The lowest BCUT2D eigenvalue weighted by molar-refractivity contribution is -0.119. The molecule has 0 aromatic carbocycles. The average Bonchev–Trinajstić information content (AvgIpc) is 3.66. The standard InChI is InChI=1S/C26H31N7O6S2/c1-16-10-32(11-17(2)39-16)23-22-9-19(12-31(22)8-6-27-23)21-15-40-26(29-21)30-25(35)20(14-38-3)28-24(34)18-5-7-33(13-18)41(4,36)37/h5-9,12-13,15-17,20H,10-11,14H2,1-4H3,(H,28,34)(H,29,30,35)/t16-,17+,20-/m0/s1. The number of ether oxygens (including phenoxy) is 2. The Morgan fingerprint density at radius 1 is 1.22 bits per heavy atom. The molecule has 41 heavy (non-hydrogen) atoms. The summed E-state index contributed by atoms with van der Waals surface area (Å²) in [5.74, 6) is -0.263. The van der Waals surface area contributed by atoms with Crippen molar-refractivity contribution in [2.75, 3.05) is 43.3 Å². The third kappa shape index (κ3) is 6.43. The molecule has 1 fully saturated rings. The molecule has 4 aromatic heterocycles. The number of hydrogen-bond acceptors (Lipinski definition) is 10. The molecule has 5 heterocycles. The monoisotopic (exact) mass is 601 g/mol. The summed E-state index contributed by atoms with van der Waals surface area (Å²) in [7, 11) is -2.13. The van der Waals surface area contributed by atoms with E-state index in [0.717, 1.165) is 40.2 Å². The molecular formula is C26H31N7O6S2. The van der Waals surface area contributed by atoms with Crippen LogP contribution >= 0.6 is 11.3 Å². The van der Waals surface area contributed by atoms with E-state index < -0.39 is 27.9 Å². The molecule has 0 bridgehead atoms. The van der Waals surface area contributed by atoms with Crippen LogP contribution in [0.5, 0.6) is 0 Å². The lowest BCUT2D eigenvalue weighted by Gasteiger charge is -2.36. The van der Waals surface area contributed by atoms with Gasteiger partial charge in [-0.15, -0.1) is 11.3 Å². The zero-order valence-electron chi connectivity index (χ0n) is 23.0. The lowest BCUT2D eigenvalue weighted by atomic mass is 10.2. The van der Waals surface area contributed by atoms with Crippen molar-refractivity contribution in [3.05, 3.63) is 54.1 Å². The van der Waals surface area contributed by atoms with Gasteiger partial charge in [-0.1, -0.05) is 0 Å². The minimum atomic E-state index is -3.54. The van der Waals surface area contributed by atoms with Gasteiger partial charge in [0, 0.05) is 62.1 Å². The second-order valence-electron chi connectivity index (χ2n) is 9.94. The molecule has 0 spiro atoms. The molecule has 3 atom stereocenters. The number of anilines is 2. The topological polar surface area (TPSA) is 149 Å². The zero-order chi connectivity index (χ0) is 29.3. The van der Waals surface area contributed by atoms with Gasteiger partial charge in [0.15, 0.2) is 10.9 Å². The van der Waals surface area contributed by atoms with Crippen molar-refractivity contribution in [3.63, 3.8) is 0 Å². The third-order valence-corrected chi connectivity index (χ3v) is 8.27. The predicted molar refractivity (Wildman–Crippen MR) is 155 cm³/mol. The number of morpholine rings is 1. The van der Waals surface area contributed by atoms with Crippen LogP contribution in [0.1, 0.15) is 24.2 Å². The number of amides is 2. The van der Waals surface area contributed by atoms with Crippen molar-refractivity contribution in [2.24, 2.45) is 0 Å². The number of carbonyl (C=O) groups excluding carboxylic acids is 2.